The van der Waals surface area contributed by atoms with Gasteiger partial charge in [0, 0.05) is 34.6 Å². The van der Waals surface area contributed by atoms with Crippen LogP contribution in [-0.4, -0.2) is 16.4 Å². The molecular weight excluding hydrogens is 374 g/mol. The van der Waals surface area contributed by atoms with Crippen molar-refractivity contribution >= 4 is 5.91 Å². The van der Waals surface area contributed by atoms with Gasteiger partial charge in [0.25, 0.3) is 0 Å². The van der Waals surface area contributed by atoms with Gasteiger partial charge in [0.05, 0.1) is 5.56 Å². The van der Waals surface area contributed by atoms with Crippen LogP contribution in [0.25, 0.3) is 0 Å². The van der Waals surface area contributed by atoms with Crippen molar-refractivity contribution in [2.24, 2.45) is 5.73 Å². The number of pyridine rings is 1. The molecule has 8 heteroatoms. The number of aromatic nitrogens is 1. The molecule has 0 bridgehead atoms. The Bertz CT molecular complexity index is 814. The fourth-order valence-electron chi connectivity index (χ4n) is 2.53. The van der Waals surface area contributed by atoms with Crippen molar-refractivity contribution in [3.8, 4) is 0 Å². The minimum atomic E-state index is -4.67. The highest BCUT2D eigenvalue weighted by molar-refractivity contribution is 5.92. The van der Waals surface area contributed by atoms with Gasteiger partial charge in [-0.3, -0.25) is 9.78 Å². The van der Waals surface area contributed by atoms with Crippen LogP contribution in [0, 0.1) is 12.7 Å². The Morgan fingerprint density at radius 3 is 2.21 bits per heavy atom. The Morgan fingerprint density at radius 1 is 1.18 bits per heavy atom. The largest absolute Gasteiger partial charge is 0.419 e. The number of carbonyl (C=O) groups excluding carboxylic acids is 1. The van der Waals surface area contributed by atoms with E-state index >= 15 is 0 Å². The number of nitrogens with two attached hydrogens (primary N) is 1. The van der Waals surface area contributed by atoms with Crippen LogP contribution in [0.5, 0.6) is 0 Å². The van der Waals surface area contributed by atoms with Crippen LogP contribution in [0.4, 0.5) is 17.6 Å². The van der Waals surface area contributed by atoms with E-state index < -0.39 is 29.5 Å². The molecule has 2 aromatic rings. The Hall–Kier alpha value is -2.48. The molecule has 2 rings (SSSR count). The number of carbonyl (C=O) groups is 1. The van der Waals surface area contributed by atoms with Crippen molar-refractivity contribution in [3.63, 3.8) is 0 Å². The summed E-state index contributed by atoms with van der Waals surface area (Å²) in [4.78, 5) is 14.5. The summed E-state index contributed by atoms with van der Waals surface area (Å²) in [6.07, 6.45) is -3.10. The zero-order chi connectivity index (χ0) is 21.7. The average Bonchev–Trinajstić information content (AvgIpc) is 2.52. The third-order valence-corrected chi connectivity index (χ3v) is 3.63. The maximum absolute atomic E-state index is 13.8. The van der Waals surface area contributed by atoms with Crippen molar-refractivity contribution in [2.45, 2.75) is 52.4 Å². The predicted molar refractivity (Wildman–Crippen MR) is 100 cm³/mol. The molecule has 0 fully saturated rings. The molecule has 0 aliphatic heterocycles. The van der Waals surface area contributed by atoms with E-state index in [0.717, 1.165) is 11.8 Å². The normalized spacial score (nSPS) is 12.8. The summed E-state index contributed by atoms with van der Waals surface area (Å²) < 4.78 is 51.5. The minimum absolute atomic E-state index is 0.0275. The van der Waals surface area contributed by atoms with Crippen LogP contribution in [0.2, 0.25) is 0 Å². The first-order valence-electron chi connectivity index (χ1n) is 8.58. The number of alkyl halides is 3. The molecule has 1 heterocycles. The number of primary amides is 1. The van der Waals surface area contributed by atoms with E-state index in [4.69, 9.17) is 5.73 Å². The smallest absolute Gasteiger partial charge is 0.366 e. The van der Waals surface area contributed by atoms with E-state index in [1.54, 1.807) is 25.3 Å². The third kappa shape index (κ3) is 7.26. The van der Waals surface area contributed by atoms with Gasteiger partial charge in [0.2, 0.25) is 5.91 Å². The molecule has 0 radical (unpaired) electrons. The molecule has 3 N–H and O–H groups in total. The number of amides is 1. The van der Waals surface area contributed by atoms with Gasteiger partial charge in [-0.05, 0) is 52.8 Å². The van der Waals surface area contributed by atoms with Gasteiger partial charge in [-0.15, -0.1) is 0 Å². The second kappa shape index (κ2) is 9.14. The highest BCUT2D eigenvalue weighted by Gasteiger charge is 2.35. The second-order valence-corrected chi connectivity index (χ2v) is 7.37. The number of rotatable bonds is 3. The van der Waals surface area contributed by atoms with Gasteiger partial charge in [-0.1, -0.05) is 12.1 Å². The topological polar surface area (TPSA) is 68.0 Å². The van der Waals surface area contributed by atoms with Crippen molar-refractivity contribution in [1.82, 2.24) is 10.3 Å². The maximum atomic E-state index is 13.8. The fourth-order valence-corrected chi connectivity index (χ4v) is 2.53. The number of aryl methyl sites for hydroxylation is 1. The van der Waals surface area contributed by atoms with Crippen LogP contribution >= 0.6 is 0 Å². The van der Waals surface area contributed by atoms with Gasteiger partial charge < -0.3 is 11.1 Å². The van der Waals surface area contributed by atoms with Crippen LogP contribution < -0.4 is 11.1 Å². The van der Waals surface area contributed by atoms with Gasteiger partial charge in [0.15, 0.2) is 0 Å². The Balaban J connectivity index is 0.000000330. The number of benzene rings is 1. The molecule has 1 unspecified atom stereocenters. The number of nitrogens with one attached hydrogen (secondary N) is 1. The molecule has 0 aliphatic carbocycles. The fraction of sp³-hybridized carbons (Fsp3) is 0.400. The second-order valence-electron chi connectivity index (χ2n) is 7.37. The van der Waals surface area contributed by atoms with Gasteiger partial charge >= 0.3 is 6.18 Å². The number of hydrogen-bond acceptors (Lipinski definition) is 3. The van der Waals surface area contributed by atoms with E-state index in [9.17, 15) is 22.4 Å². The van der Waals surface area contributed by atoms with Gasteiger partial charge in [-0.25, -0.2) is 4.39 Å². The Labute approximate surface area is 162 Å². The summed E-state index contributed by atoms with van der Waals surface area (Å²) in [5.41, 5.74) is 4.83. The Kier molecular flexibility index (Phi) is 7.69. The zero-order valence-corrected chi connectivity index (χ0v) is 16.5. The molecule has 28 heavy (non-hydrogen) atoms. The lowest BCUT2D eigenvalue weighted by molar-refractivity contribution is -0.140. The van der Waals surface area contributed by atoms with Crippen LogP contribution in [-0.2, 0) is 6.18 Å². The molecule has 154 valence electrons. The van der Waals surface area contributed by atoms with Gasteiger partial charge in [-0.2, -0.15) is 13.2 Å². The molecule has 1 aromatic carbocycles. The Morgan fingerprint density at radius 2 is 1.79 bits per heavy atom. The molecule has 0 spiro atoms. The van der Waals surface area contributed by atoms with E-state index in [1.807, 2.05) is 27.7 Å². The van der Waals surface area contributed by atoms with E-state index in [1.165, 1.54) is 12.1 Å². The quantitative estimate of drug-likeness (QED) is 0.730. The van der Waals surface area contributed by atoms with Crippen LogP contribution in [0.15, 0.2) is 36.5 Å². The standard InChI is InChI=1S/C13H17F4N.C7H8N2O/c1-8(18-12(2,3)4)9-6-5-7-10(11(9)14)13(15,16)17;1-5-4-6(7(8)10)2-3-9-5/h5-8,18H,1-4H3;2-4H,1H3,(H2,8,10). The van der Waals surface area contributed by atoms with Crippen LogP contribution in [0.3, 0.4) is 0 Å². The minimum Gasteiger partial charge on any atom is -0.366 e. The summed E-state index contributed by atoms with van der Waals surface area (Å²) in [5, 5.41) is 3.05. The van der Waals surface area contributed by atoms with Crippen molar-refractivity contribution in [3.05, 3.63) is 64.7 Å². The van der Waals surface area contributed by atoms with Crippen molar-refractivity contribution < 1.29 is 22.4 Å². The first-order valence-corrected chi connectivity index (χ1v) is 8.58. The SMILES string of the molecule is CC(NC(C)(C)C)c1cccc(C(F)(F)F)c1F.Cc1cc(C(N)=O)ccn1. The predicted octanol–water partition coefficient (Wildman–Crippen LogP) is 4.78. The first kappa shape index (κ1) is 23.6. The summed E-state index contributed by atoms with van der Waals surface area (Å²) in [5.74, 6) is -1.61. The van der Waals surface area contributed by atoms with Crippen LogP contribution in [0.1, 0.15) is 60.9 Å². The van der Waals surface area contributed by atoms with E-state index in [-0.39, 0.29) is 11.1 Å². The highest BCUT2D eigenvalue weighted by Crippen LogP contribution is 2.34. The summed E-state index contributed by atoms with van der Waals surface area (Å²) in [6, 6.07) is 6.10. The van der Waals surface area contributed by atoms with Crippen molar-refractivity contribution in [1.29, 1.82) is 0 Å². The lowest BCUT2D eigenvalue weighted by Crippen LogP contribution is -2.38. The van der Waals surface area contributed by atoms with E-state index in [0.29, 0.717) is 5.56 Å². The average molecular weight is 399 g/mol. The first-order chi connectivity index (χ1) is 12.7. The van der Waals surface area contributed by atoms with Gasteiger partial charge in [0.1, 0.15) is 5.82 Å². The monoisotopic (exact) mass is 399 g/mol. The van der Waals surface area contributed by atoms with Crippen molar-refractivity contribution in [2.75, 3.05) is 0 Å². The lowest BCUT2D eigenvalue weighted by atomic mass is 10.00. The molecule has 4 nitrogen and oxygen atoms in total. The highest BCUT2D eigenvalue weighted by atomic mass is 19.4. The summed E-state index contributed by atoms with van der Waals surface area (Å²) in [7, 11) is 0. The number of hydrogen-bond donors (Lipinski definition) is 2. The third-order valence-electron chi connectivity index (χ3n) is 3.63. The maximum Gasteiger partial charge on any atom is 0.419 e. The van der Waals surface area contributed by atoms with E-state index in [2.05, 4.69) is 10.3 Å². The molecule has 1 atom stereocenters. The number of nitrogens with zero attached hydrogens (tertiary/aromatic N) is 1. The zero-order valence-electron chi connectivity index (χ0n) is 16.5. The summed E-state index contributed by atoms with van der Waals surface area (Å²) in [6.45, 7) is 9.06. The molecular formula is C20H25F4N3O. The number of halogens is 4. The summed E-state index contributed by atoms with van der Waals surface area (Å²) >= 11 is 0. The molecule has 0 saturated heterocycles. The molecule has 0 aliphatic rings. The molecule has 1 aromatic heterocycles. The lowest BCUT2D eigenvalue weighted by Gasteiger charge is -2.27. The molecule has 1 amide bonds. The molecule has 0 saturated carbocycles.